The van der Waals surface area contributed by atoms with Gasteiger partial charge in [0.15, 0.2) is 0 Å². The number of likely N-dealkylation sites (N-methyl/N-ethyl adjacent to an activating group) is 1. The number of benzene rings is 1. The number of amides is 1. The van der Waals surface area contributed by atoms with E-state index in [1.54, 1.807) is 24.3 Å². The van der Waals surface area contributed by atoms with Gasteiger partial charge in [-0.3, -0.25) is 14.4 Å². The van der Waals surface area contributed by atoms with E-state index in [0.717, 1.165) is 19.2 Å². The van der Waals surface area contributed by atoms with Crippen molar-refractivity contribution < 1.29 is 33.0 Å². The molecule has 4 N–H and O–H groups in total. The largest absolute Gasteiger partial charge is 0.473 e. The minimum absolute atomic E-state index is 0.149. The van der Waals surface area contributed by atoms with Gasteiger partial charge in [0.2, 0.25) is 10.0 Å². The minimum Gasteiger partial charge on any atom is -0.473 e. The molecule has 0 radical (unpaired) electrons. The summed E-state index contributed by atoms with van der Waals surface area (Å²) < 4.78 is 24.8. The summed E-state index contributed by atoms with van der Waals surface area (Å²) in [5.41, 5.74) is 2.37. The summed E-state index contributed by atoms with van der Waals surface area (Å²) in [5.74, 6) is -3.34. The standard InChI is InChI=1S/C19H25N3O3S2.C2H2O4/c1-13-17(22(2)12-15-9-11-26-18(13)15)8-10-20-19(23)14-4-6-16(7-5-14)21-27(3,24)25;3-1(4)2(5)6/h4-7,9,11,13,17,21H,8,10,12H2,1-3H3,(H,20,23);(H,3,4)(H,5,6). The van der Waals surface area contributed by atoms with Gasteiger partial charge in [0.1, 0.15) is 0 Å². The third-order valence-electron chi connectivity index (χ3n) is 5.12. The lowest BCUT2D eigenvalue weighted by Gasteiger charge is -2.37. The summed E-state index contributed by atoms with van der Waals surface area (Å²) in [5, 5.41) is 19.9. The topological polar surface area (TPSA) is 153 Å². The Morgan fingerprint density at radius 2 is 1.73 bits per heavy atom. The minimum atomic E-state index is -3.32. The van der Waals surface area contributed by atoms with Gasteiger partial charge < -0.3 is 15.5 Å². The summed E-state index contributed by atoms with van der Waals surface area (Å²) in [4.78, 5) is 34.4. The second kappa shape index (κ2) is 11.3. The third-order valence-corrected chi connectivity index (χ3v) is 6.88. The SMILES string of the molecule is CC1c2sccc2CN(C)C1CCNC(=O)c1ccc(NS(C)(=O)=O)cc1.O=C(O)C(=O)O. The lowest BCUT2D eigenvalue weighted by Crippen LogP contribution is -2.41. The first-order valence-corrected chi connectivity index (χ1v) is 12.7. The maximum Gasteiger partial charge on any atom is 0.414 e. The average Bonchev–Trinajstić information content (AvgIpc) is 3.18. The maximum atomic E-state index is 12.3. The van der Waals surface area contributed by atoms with Crippen LogP contribution in [0.2, 0.25) is 0 Å². The molecule has 0 fully saturated rings. The molecule has 1 aliphatic heterocycles. The number of rotatable bonds is 6. The van der Waals surface area contributed by atoms with Gasteiger partial charge in [-0.2, -0.15) is 0 Å². The smallest absolute Gasteiger partial charge is 0.414 e. The number of anilines is 1. The monoisotopic (exact) mass is 497 g/mol. The van der Waals surface area contributed by atoms with E-state index in [1.807, 2.05) is 11.3 Å². The number of carboxylic acids is 2. The fourth-order valence-corrected chi connectivity index (χ4v) is 5.23. The van der Waals surface area contributed by atoms with Gasteiger partial charge in [0, 0.05) is 41.2 Å². The molecule has 0 saturated heterocycles. The van der Waals surface area contributed by atoms with Gasteiger partial charge in [-0.05, 0) is 54.7 Å². The van der Waals surface area contributed by atoms with Gasteiger partial charge in [0.05, 0.1) is 6.26 Å². The summed E-state index contributed by atoms with van der Waals surface area (Å²) in [6, 6.07) is 9.02. The van der Waals surface area contributed by atoms with Crippen molar-refractivity contribution in [2.75, 3.05) is 24.6 Å². The molecule has 180 valence electrons. The molecular weight excluding hydrogens is 470 g/mol. The number of carboxylic acid groups (broad SMARTS) is 2. The van der Waals surface area contributed by atoms with Crippen LogP contribution in [0.1, 0.15) is 40.1 Å². The molecule has 33 heavy (non-hydrogen) atoms. The number of carbonyl (C=O) groups excluding carboxylic acids is 1. The molecule has 3 rings (SSSR count). The zero-order chi connectivity index (χ0) is 24.8. The number of aliphatic carboxylic acids is 2. The van der Waals surface area contributed by atoms with Crippen LogP contribution in [0.15, 0.2) is 35.7 Å². The predicted octanol–water partition coefficient (Wildman–Crippen LogP) is 2.01. The highest BCUT2D eigenvalue weighted by atomic mass is 32.2. The molecule has 2 aromatic rings. The van der Waals surface area contributed by atoms with E-state index in [9.17, 15) is 13.2 Å². The lowest BCUT2D eigenvalue weighted by atomic mass is 9.89. The Kier molecular flexibility index (Phi) is 8.97. The normalized spacial score (nSPS) is 17.8. The molecule has 2 heterocycles. The van der Waals surface area contributed by atoms with Gasteiger partial charge in [-0.1, -0.05) is 6.92 Å². The highest BCUT2D eigenvalue weighted by Gasteiger charge is 2.30. The molecule has 10 nitrogen and oxygen atoms in total. The first kappa shape index (κ1) is 26.3. The highest BCUT2D eigenvalue weighted by molar-refractivity contribution is 7.92. The maximum absolute atomic E-state index is 12.3. The number of nitrogens with zero attached hydrogens (tertiary/aromatic N) is 1. The fourth-order valence-electron chi connectivity index (χ4n) is 3.63. The van der Waals surface area contributed by atoms with Crippen LogP contribution >= 0.6 is 11.3 Å². The summed E-state index contributed by atoms with van der Waals surface area (Å²) in [7, 11) is -1.18. The lowest BCUT2D eigenvalue weighted by molar-refractivity contribution is -0.159. The first-order valence-electron chi connectivity index (χ1n) is 9.97. The van der Waals surface area contributed by atoms with Crippen LogP contribution in [0.5, 0.6) is 0 Å². The van der Waals surface area contributed by atoms with Crippen molar-refractivity contribution in [1.82, 2.24) is 10.2 Å². The zero-order valence-corrected chi connectivity index (χ0v) is 20.1. The van der Waals surface area contributed by atoms with Crippen molar-refractivity contribution in [1.29, 1.82) is 0 Å². The predicted molar refractivity (Wildman–Crippen MR) is 125 cm³/mol. The Hall–Kier alpha value is -2.96. The molecular formula is C21H27N3O7S2. The van der Waals surface area contributed by atoms with Gasteiger partial charge in [-0.15, -0.1) is 11.3 Å². The number of sulfonamides is 1. The molecule has 12 heteroatoms. The van der Waals surface area contributed by atoms with Crippen LogP contribution < -0.4 is 10.0 Å². The molecule has 2 atom stereocenters. The number of carbonyl (C=O) groups is 3. The van der Waals surface area contributed by atoms with Gasteiger partial charge >= 0.3 is 11.9 Å². The summed E-state index contributed by atoms with van der Waals surface area (Å²) in [6.45, 7) is 3.81. The van der Waals surface area contributed by atoms with Crippen LogP contribution in [-0.2, 0) is 26.2 Å². The van der Waals surface area contributed by atoms with E-state index in [0.29, 0.717) is 29.8 Å². The van der Waals surface area contributed by atoms with Crippen molar-refractivity contribution >= 4 is 44.9 Å². The Balaban J connectivity index is 0.000000569. The van der Waals surface area contributed by atoms with Crippen molar-refractivity contribution in [3.63, 3.8) is 0 Å². The number of fused-ring (bicyclic) bond motifs is 1. The molecule has 1 amide bonds. The summed E-state index contributed by atoms with van der Waals surface area (Å²) in [6.07, 6.45) is 1.98. The van der Waals surface area contributed by atoms with Crippen LogP contribution in [-0.4, -0.2) is 67.3 Å². The van der Waals surface area contributed by atoms with Crippen molar-refractivity contribution in [2.45, 2.75) is 31.8 Å². The van der Waals surface area contributed by atoms with Crippen LogP contribution in [0.25, 0.3) is 0 Å². The van der Waals surface area contributed by atoms with Crippen LogP contribution in [0.4, 0.5) is 5.69 Å². The molecule has 0 spiro atoms. The molecule has 2 unspecified atom stereocenters. The van der Waals surface area contributed by atoms with E-state index >= 15 is 0 Å². The molecule has 1 aromatic carbocycles. The van der Waals surface area contributed by atoms with Gasteiger partial charge in [0.25, 0.3) is 5.91 Å². The number of nitrogens with one attached hydrogen (secondary N) is 2. The fraction of sp³-hybridized carbons (Fsp3) is 0.381. The van der Waals surface area contributed by atoms with E-state index in [-0.39, 0.29) is 5.91 Å². The van der Waals surface area contributed by atoms with Crippen LogP contribution in [0, 0.1) is 0 Å². The van der Waals surface area contributed by atoms with E-state index in [1.165, 1.54) is 10.4 Å². The van der Waals surface area contributed by atoms with E-state index in [4.69, 9.17) is 19.8 Å². The molecule has 0 aliphatic carbocycles. The zero-order valence-electron chi connectivity index (χ0n) is 18.4. The quantitative estimate of drug-likeness (QED) is 0.442. The second-order valence-corrected chi connectivity index (χ2v) is 10.4. The Morgan fingerprint density at radius 3 is 2.27 bits per heavy atom. The molecule has 1 aromatic heterocycles. The highest BCUT2D eigenvalue weighted by Crippen LogP contribution is 2.37. The number of thiophene rings is 1. The second-order valence-electron chi connectivity index (χ2n) is 7.69. The molecule has 0 saturated carbocycles. The number of hydrogen-bond donors (Lipinski definition) is 4. The first-order chi connectivity index (χ1) is 15.4. The van der Waals surface area contributed by atoms with Gasteiger partial charge in [-0.25, -0.2) is 18.0 Å². The number of hydrogen-bond acceptors (Lipinski definition) is 7. The van der Waals surface area contributed by atoms with E-state index in [2.05, 4.69) is 40.4 Å². The Morgan fingerprint density at radius 1 is 1.12 bits per heavy atom. The third kappa shape index (κ3) is 7.84. The molecule has 1 aliphatic rings. The van der Waals surface area contributed by atoms with Crippen molar-refractivity contribution in [3.05, 3.63) is 51.7 Å². The van der Waals surface area contributed by atoms with Crippen molar-refractivity contribution in [2.24, 2.45) is 0 Å². The Labute approximate surface area is 196 Å². The summed E-state index contributed by atoms with van der Waals surface area (Å²) >= 11 is 1.82. The average molecular weight is 498 g/mol. The van der Waals surface area contributed by atoms with Crippen LogP contribution in [0.3, 0.4) is 0 Å². The van der Waals surface area contributed by atoms with Crippen molar-refractivity contribution in [3.8, 4) is 0 Å². The Bertz CT molecular complexity index is 1090. The van der Waals surface area contributed by atoms with E-state index < -0.39 is 22.0 Å². The molecule has 0 bridgehead atoms.